The molecule has 2 aromatic rings. The van der Waals surface area contributed by atoms with Crippen molar-refractivity contribution in [3.8, 4) is 11.8 Å². The van der Waals surface area contributed by atoms with Crippen LogP contribution in [0.4, 0.5) is 0 Å². The van der Waals surface area contributed by atoms with Crippen molar-refractivity contribution in [1.82, 2.24) is 4.98 Å². The largest absolute Gasteiger partial charge is 0.459 e. The molecule has 2 rings (SSSR count). The van der Waals surface area contributed by atoms with E-state index in [1.54, 1.807) is 0 Å². The Balaban J connectivity index is 2.46. The van der Waals surface area contributed by atoms with Gasteiger partial charge in [0.25, 0.3) is 0 Å². The molecule has 0 amide bonds. The van der Waals surface area contributed by atoms with Gasteiger partial charge in [0.15, 0.2) is 0 Å². The van der Waals surface area contributed by atoms with Crippen LogP contribution in [0.2, 0.25) is 0 Å². The number of methoxy groups -OCH3 is 1. The number of carbonyl (C=O) groups is 1. The van der Waals surface area contributed by atoms with Gasteiger partial charge in [-0.15, -0.1) is 0 Å². The zero-order chi connectivity index (χ0) is 10.7. The summed E-state index contributed by atoms with van der Waals surface area (Å²) in [7, 11) is 1.31. The van der Waals surface area contributed by atoms with Crippen molar-refractivity contribution in [1.29, 1.82) is 0 Å². The second kappa shape index (κ2) is 3.89. The Bertz CT molecular complexity index is 557. The number of aromatic nitrogens is 1. The van der Waals surface area contributed by atoms with Crippen molar-refractivity contribution in [2.45, 2.75) is 0 Å². The molecule has 1 N–H and O–H groups in total. The number of ether oxygens (including phenoxy) is 1. The van der Waals surface area contributed by atoms with E-state index >= 15 is 0 Å². The lowest BCUT2D eigenvalue weighted by atomic mass is 10.1. The number of rotatable bonds is 0. The second-order valence-corrected chi connectivity index (χ2v) is 2.99. The monoisotopic (exact) mass is 199 g/mol. The van der Waals surface area contributed by atoms with Gasteiger partial charge in [0.1, 0.15) is 0 Å². The molecule has 1 aromatic carbocycles. The zero-order valence-corrected chi connectivity index (χ0v) is 8.20. The van der Waals surface area contributed by atoms with Crippen LogP contribution in [-0.4, -0.2) is 18.1 Å². The maximum absolute atomic E-state index is 10.9. The predicted molar refractivity (Wildman–Crippen MR) is 57.2 cm³/mol. The lowest BCUT2D eigenvalue weighted by molar-refractivity contribution is -0.133. The van der Waals surface area contributed by atoms with E-state index in [-0.39, 0.29) is 0 Å². The average Bonchev–Trinajstić information content (AvgIpc) is 2.74. The number of hydrogen-bond acceptors (Lipinski definition) is 2. The number of carbonyl (C=O) groups excluding carboxylic acids is 1. The molecule has 1 aromatic heterocycles. The molecule has 3 nitrogen and oxygen atoms in total. The summed E-state index contributed by atoms with van der Waals surface area (Å²) >= 11 is 0. The minimum absolute atomic E-state index is 0.529. The van der Waals surface area contributed by atoms with E-state index in [0.717, 1.165) is 16.5 Å². The molecule has 0 aliphatic heterocycles. The molecule has 0 atom stereocenters. The van der Waals surface area contributed by atoms with Crippen LogP contribution in [0.15, 0.2) is 30.5 Å². The molecule has 0 unspecified atom stereocenters. The summed E-state index contributed by atoms with van der Waals surface area (Å²) in [4.78, 5) is 13.9. The fourth-order valence-electron chi connectivity index (χ4n) is 1.36. The molecule has 0 aliphatic carbocycles. The van der Waals surface area contributed by atoms with Crippen molar-refractivity contribution in [2.24, 2.45) is 0 Å². The highest BCUT2D eigenvalue weighted by atomic mass is 16.5. The van der Waals surface area contributed by atoms with Crippen LogP contribution in [0.3, 0.4) is 0 Å². The van der Waals surface area contributed by atoms with Gasteiger partial charge in [-0.05, 0) is 12.1 Å². The third kappa shape index (κ3) is 1.84. The van der Waals surface area contributed by atoms with Crippen LogP contribution in [0.1, 0.15) is 5.56 Å². The van der Waals surface area contributed by atoms with Gasteiger partial charge < -0.3 is 9.72 Å². The average molecular weight is 199 g/mol. The summed E-state index contributed by atoms with van der Waals surface area (Å²) < 4.78 is 4.44. The molecule has 3 heteroatoms. The van der Waals surface area contributed by atoms with Crippen LogP contribution >= 0.6 is 0 Å². The Morgan fingerprint density at radius 3 is 3.07 bits per heavy atom. The van der Waals surface area contributed by atoms with Gasteiger partial charge in [0, 0.05) is 23.1 Å². The Hall–Kier alpha value is -2.21. The van der Waals surface area contributed by atoms with Gasteiger partial charge in [0.05, 0.1) is 12.6 Å². The van der Waals surface area contributed by atoms with E-state index in [4.69, 9.17) is 0 Å². The molecule has 0 aliphatic rings. The lowest BCUT2D eigenvalue weighted by Gasteiger charge is -1.93. The normalized spacial score (nSPS) is 9.40. The molecule has 1 heterocycles. The van der Waals surface area contributed by atoms with E-state index in [2.05, 4.69) is 21.6 Å². The van der Waals surface area contributed by atoms with E-state index in [1.807, 2.05) is 30.5 Å². The van der Waals surface area contributed by atoms with Gasteiger partial charge in [-0.1, -0.05) is 18.1 Å². The quantitative estimate of drug-likeness (QED) is 0.518. The number of nitrogens with one attached hydrogen (secondary N) is 1. The molecule has 0 saturated heterocycles. The second-order valence-electron chi connectivity index (χ2n) is 2.99. The standard InChI is InChI=1S/C12H9NO2/c1-15-11(14)6-5-9-3-2-4-10-7-8-13-12(9)10/h2-4,7-8,13H,1H3. The fourth-order valence-corrected chi connectivity index (χ4v) is 1.36. The third-order valence-electron chi connectivity index (χ3n) is 2.07. The van der Waals surface area contributed by atoms with Crippen LogP contribution in [-0.2, 0) is 9.53 Å². The first-order chi connectivity index (χ1) is 7.31. The molecule has 15 heavy (non-hydrogen) atoms. The van der Waals surface area contributed by atoms with Crippen LogP contribution < -0.4 is 0 Å². The zero-order valence-electron chi connectivity index (χ0n) is 8.20. The molecular weight excluding hydrogens is 190 g/mol. The van der Waals surface area contributed by atoms with Crippen molar-refractivity contribution in [3.63, 3.8) is 0 Å². The summed E-state index contributed by atoms with van der Waals surface area (Å²) in [6.07, 6.45) is 1.84. The number of esters is 1. The highest BCUT2D eigenvalue weighted by molar-refractivity contribution is 5.91. The molecule has 0 bridgehead atoms. The minimum atomic E-state index is -0.529. The van der Waals surface area contributed by atoms with Gasteiger partial charge in [0.2, 0.25) is 0 Å². The summed E-state index contributed by atoms with van der Waals surface area (Å²) in [6, 6.07) is 7.69. The Morgan fingerprint density at radius 1 is 1.40 bits per heavy atom. The molecule has 74 valence electrons. The van der Waals surface area contributed by atoms with Gasteiger partial charge in [-0.3, -0.25) is 0 Å². The van der Waals surface area contributed by atoms with Gasteiger partial charge in [-0.25, -0.2) is 4.79 Å². The number of aromatic amines is 1. The topological polar surface area (TPSA) is 42.1 Å². The lowest BCUT2D eigenvalue weighted by Crippen LogP contribution is -1.94. The first-order valence-corrected chi connectivity index (χ1v) is 4.47. The van der Waals surface area contributed by atoms with E-state index in [0.29, 0.717) is 0 Å². The minimum Gasteiger partial charge on any atom is -0.459 e. The van der Waals surface area contributed by atoms with Crippen molar-refractivity contribution in [3.05, 3.63) is 36.0 Å². The number of hydrogen-bond donors (Lipinski definition) is 1. The van der Waals surface area contributed by atoms with Gasteiger partial charge >= 0.3 is 5.97 Å². The summed E-state index contributed by atoms with van der Waals surface area (Å²) in [5.41, 5.74) is 1.73. The number of benzene rings is 1. The molecule has 0 radical (unpaired) electrons. The van der Waals surface area contributed by atoms with E-state index < -0.39 is 5.97 Å². The molecule has 0 spiro atoms. The summed E-state index contributed by atoms with van der Waals surface area (Å²) in [5, 5.41) is 1.08. The Labute approximate surface area is 87.1 Å². The number of para-hydroxylation sites is 1. The van der Waals surface area contributed by atoms with Crippen LogP contribution in [0, 0.1) is 11.8 Å². The first kappa shape index (κ1) is 9.35. The van der Waals surface area contributed by atoms with Crippen LogP contribution in [0.5, 0.6) is 0 Å². The highest BCUT2D eigenvalue weighted by Gasteiger charge is 1.98. The summed E-state index contributed by atoms with van der Waals surface area (Å²) in [5.74, 6) is 4.64. The highest BCUT2D eigenvalue weighted by Crippen LogP contribution is 2.15. The molecule has 0 fully saturated rings. The Morgan fingerprint density at radius 2 is 2.27 bits per heavy atom. The fraction of sp³-hybridized carbons (Fsp3) is 0.0833. The third-order valence-corrected chi connectivity index (χ3v) is 2.07. The smallest absolute Gasteiger partial charge is 0.384 e. The maximum atomic E-state index is 10.9. The van der Waals surface area contributed by atoms with E-state index in [9.17, 15) is 4.79 Å². The SMILES string of the molecule is COC(=O)C#Cc1cccc2cc[nH]c12. The van der Waals surface area contributed by atoms with Crippen molar-refractivity contribution in [2.75, 3.05) is 7.11 Å². The van der Waals surface area contributed by atoms with Crippen molar-refractivity contribution < 1.29 is 9.53 Å². The van der Waals surface area contributed by atoms with Crippen molar-refractivity contribution >= 4 is 16.9 Å². The summed E-state index contributed by atoms with van der Waals surface area (Å²) in [6.45, 7) is 0. The first-order valence-electron chi connectivity index (χ1n) is 4.47. The maximum Gasteiger partial charge on any atom is 0.384 e. The number of H-pyrrole nitrogens is 1. The predicted octanol–water partition coefficient (Wildman–Crippen LogP) is 1.69. The molecular formula is C12H9NO2. The van der Waals surface area contributed by atoms with E-state index in [1.165, 1.54) is 7.11 Å². The molecule has 0 saturated carbocycles. The van der Waals surface area contributed by atoms with Gasteiger partial charge in [-0.2, -0.15) is 0 Å². The van der Waals surface area contributed by atoms with Crippen LogP contribution in [0.25, 0.3) is 10.9 Å². The Kier molecular flexibility index (Phi) is 2.42. The number of fused-ring (bicyclic) bond motifs is 1.